The van der Waals surface area contributed by atoms with Crippen molar-refractivity contribution in [2.45, 2.75) is 44.4 Å². The van der Waals surface area contributed by atoms with E-state index in [1.165, 1.54) is 17.5 Å². The Hall–Kier alpha value is -1.39. The number of nitrogens with zero attached hydrogens (tertiary/aromatic N) is 1. The predicted molar refractivity (Wildman–Crippen MR) is 98.3 cm³/mol. The minimum Gasteiger partial charge on any atom is -0.354 e. The fraction of sp³-hybridized carbons (Fsp3) is 0.650. The molecular formula is C20H31N3O. The van der Waals surface area contributed by atoms with Gasteiger partial charge in [0.05, 0.1) is 5.41 Å². The Labute approximate surface area is 146 Å². The van der Waals surface area contributed by atoms with Crippen LogP contribution in [0.1, 0.15) is 43.2 Å². The third-order valence-electron chi connectivity index (χ3n) is 5.64. The zero-order valence-electron chi connectivity index (χ0n) is 14.9. The summed E-state index contributed by atoms with van der Waals surface area (Å²) >= 11 is 0. The summed E-state index contributed by atoms with van der Waals surface area (Å²) in [7, 11) is 0. The van der Waals surface area contributed by atoms with Crippen molar-refractivity contribution in [3.8, 4) is 0 Å². The molecule has 0 spiro atoms. The van der Waals surface area contributed by atoms with Gasteiger partial charge >= 0.3 is 0 Å². The van der Waals surface area contributed by atoms with Crippen LogP contribution in [0.15, 0.2) is 24.3 Å². The fourth-order valence-electron chi connectivity index (χ4n) is 4.18. The molecule has 2 aliphatic rings. The van der Waals surface area contributed by atoms with Gasteiger partial charge in [-0.3, -0.25) is 9.69 Å². The summed E-state index contributed by atoms with van der Waals surface area (Å²) in [6.45, 7) is 8.10. The van der Waals surface area contributed by atoms with Crippen molar-refractivity contribution in [2.24, 2.45) is 0 Å². The maximum Gasteiger partial charge on any atom is 0.230 e. The SMILES string of the molecule is Cc1cccc(C2(C(=O)NCCN3CCNCC3)CCCCC2)c1. The van der Waals surface area contributed by atoms with E-state index in [9.17, 15) is 4.79 Å². The Morgan fingerprint density at radius 2 is 1.96 bits per heavy atom. The highest BCUT2D eigenvalue weighted by Crippen LogP contribution is 2.40. The first-order chi connectivity index (χ1) is 11.7. The van der Waals surface area contributed by atoms with E-state index in [2.05, 4.69) is 46.7 Å². The smallest absolute Gasteiger partial charge is 0.230 e. The van der Waals surface area contributed by atoms with Crippen LogP contribution in [0.5, 0.6) is 0 Å². The average Bonchev–Trinajstić information content (AvgIpc) is 2.63. The Balaban J connectivity index is 1.65. The number of hydrogen-bond donors (Lipinski definition) is 2. The Bertz CT molecular complexity index is 546. The fourth-order valence-corrected chi connectivity index (χ4v) is 4.18. The van der Waals surface area contributed by atoms with Gasteiger partial charge in [-0.15, -0.1) is 0 Å². The Morgan fingerprint density at radius 3 is 2.67 bits per heavy atom. The molecule has 0 aromatic heterocycles. The van der Waals surface area contributed by atoms with Crippen LogP contribution < -0.4 is 10.6 Å². The minimum atomic E-state index is -0.312. The number of amides is 1. The molecule has 2 N–H and O–H groups in total. The molecule has 1 aliphatic carbocycles. The molecule has 132 valence electrons. The van der Waals surface area contributed by atoms with Gasteiger partial charge in [0.25, 0.3) is 0 Å². The lowest BCUT2D eigenvalue weighted by Gasteiger charge is -2.37. The number of nitrogens with one attached hydrogen (secondary N) is 2. The molecule has 0 bridgehead atoms. The summed E-state index contributed by atoms with van der Waals surface area (Å²) in [6, 6.07) is 8.56. The van der Waals surface area contributed by atoms with Gasteiger partial charge in [-0.2, -0.15) is 0 Å². The molecule has 1 amide bonds. The second kappa shape index (κ2) is 8.13. The Kier molecular flexibility index (Phi) is 5.90. The number of benzene rings is 1. The second-order valence-electron chi connectivity index (χ2n) is 7.36. The highest BCUT2D eigenvalue weighted by molar-refractivity contribution is 5.88. The number of rotatable bonds is 5. The summed E-state index contributed by atoms with van der Waals surface area (Å²) < 4.78 is 0. The van der Waals surface area contributed by atoms with Crippen LogP contribution in [-0.4, -0.2) is 50.1 Å². The molecule has 1 heterocycles. The average molecular weight is 329 g/mol. The van der Waals surface area contributed by atoms with Crippen LogP contribution in [0, 0.1) is 6.92 Å². The van der Waals surface area contributed by atoms with Crippen molar-refractivity contribution < 1.29 is 4.79 Å². The predicted octanol–water partition coefficient (Wildman–Crippen LogP) is 2.22. The van der Waals surface area contributed by atoms with Crippen molar-refractivity contribution in [2.75, 3.05) is 39.3 Å². The lowest BCUT2D eigenvalue weighted by atomic mass is 9.68. The van der Waals surface area contributed by atoms with E-state index in [0.717, 1.165) is 65.0 Å². The van der Waals surface area contributed by atoms with Crippen molar-refractivity contribution in [1.29, 1.82) is 0 Å². The van der Waals surface area contributed by atoms with Crippen LogP contribution in [-0.2, 0) is 10.2 Å². The molecule has 3 rings (SSSR count). The molecule has 1 aliphatic heterocycles. The summed E-state index contributed by atoms with van der Waals surface area (Å²) in [5.74, 6) is 0.239. The van der Waals surface area contributed by atoms with Crippen molar-refractivity contribution in [1.82, 2.24) is 15.5 Å². The molecule has 4 nitrogen and oxygen atoms in total. The molecule has 1 saturated heterocycles. The topological polar surface area (TPSA) is 44.4 Å². The quantitative estimate of drug-likeness (QED) is 0.871. The molecule has 0 atom stereocenters. The van der Waals surface area contributed by atoms with Crippen molar-refractivity contribution in [3.63, 3.8) is 0 Å². The first-order valence-electron chi connectivity index (χ1n) is 9.49. The molecule has 1 aromatic carbocycles. The third kappa shape index (κ3) is 3.98. The van der Waals surface area contributed by atoms with Crippen molar-refractivity contribution in [3.05, 3.63) is 35.4 Å². The number of piperazine rings is 1. The van der Waals surface area contributed by atoms with Crippen LogP contribution in [0.3, 0.4) is 0 Å². The van der Waals surface area contributed by atoms with Crippen LogP contribution in [0.25, 0.3) is 0 Å². The lowest BCUT2D eigenvalue weighted by molar-refractivity contribution is -0.128. The van der Waals surface area contributed by atoms with Crippen LogP contribution in [0.4, 0.5) is 0 Å². The first kappa shape index (κ1) is 17.4. The molecule has 4 heteroatoms. The van der Waals surface area contributed by atoms with Crippen molar-refractivity contribution >= 4 is 5.91 Å². The maximum atomic E-state index is 13.1. The zero-order chi connectivity index (χ0) is 16.8. The molecule has 1 saturated carbocycles. The lowest BCUT2D eigenvalue weighted by Crippen LogP contribution is -2.50. The van der Waals surface area contributed by atoms with Gasteiger partial charge in [0.1, 0.15) is 0 Å². The monoisotopic (exact) mass is 329 g/mol. The van der Waals surface area contributed by atoms with E-state index in [1.54, 1.807) is 0 Å². The van der Waals surface area contributed by atoms with Gasteiger partial charge in [-0.05, 0) is 25.3 Å². The van der Waals surface area contributed by atoms with Crippen LogP contribution in [0.2, 0.25) is 0 Å². The van der Waals surface area contributed by atoms with E-state index in [4.69, 9.17) is 0 Å². The third-order valence-corrected chi connectivity index (χ3v) is 5.64. The summed E-state index contributed by atoms with van der Waals surface area (Å²) in [6.07, 6.45) is 5.52. The van der Waals surface area contributed by atoms with Gasteiger partial charge < -0.3 is 10.6 Å². The number of carbonyl (C=O) groups excluding carboxylic acids is 1. The Morgan fingerprint density at radius 1 is 1.21 bits per heavy atom. The molecular weight excluding hydrogens is 298 g/mol. The summed E-state index contributed by atoms with van der Waals surface area (Å²) in [4.78, 5) is 15.6. The van der Waals surface area contributed by atoms with Gasteiger partial charge in [-0.1, -0.05) is 49.1 Å². The number of hydrogen-bond acceptors (Lipinski definition) is 3. The first-order valence-corrected chi connectivity index (χ1v) is 9.49. The van der Waals surface area contributed by atoms with E-state index in [0.29, 0.717) is 0 Å². The van der Waals surface area contributed by atoms with Crippen LogP contribution >= 0.6 is 0 Å². The molecule has 1 aromatic rings. The maximum absolute atomic E-state index is 13.1. The number of carbonyl (C=O) groups is 1. The largest absolute Gasteiger partial charge is 0.354 e. The normalized spacial score (nSPS) is 21.4. The van der Waals surface area contributed by atoms with Gasteiger partial charge in [0, 0.05) is 39.3 Å². The number of aryl methyl sites for hydroxylation is 1. The molecule has 0 unspecified atom stereocenters. The van der Waals surface area contributed by atoms with Gasteiger partial charge in [0.2, 0.25) is 5.91 Å². The molecule has 2 fully saturated rings. The summed E-state index contributed by atoms with van der Waals surface area (Å²) in [5, 5.41) is 6.63. The highest BCUT2D eigenvalue weighted by atomic mass is 16.2. The summed E-state index contributed by atoms with van der Waals surface area (Å²) in [5.41, 5.74) is 2.14. The minimum absolute atomic E-state index is 0.239. The molecule has 0 radical (unpaired) electrons. The van der Waals surface area contributed by atoms with E-state index >= 15 is 0 Å². The zero-order valence-corrected chi connectivity index (χ0v) is 14.9. The highest BCUT2D eigenvalue weighted by Gasteiger charge is 2.40. The van der Waals surface area contributed by atoms with Gasteiger partial charge in [-0.25, -0.2) is 0 Å². The molecule has 24 heavy (non-hydrogen) atoms. The van der Waals surface area contributed by atoms with E-state index in [-0.39, 0.29) is 11.3 Å². The standard InChI is InChI=1S/C20H31N3O/c1-17-6-5-7-18(16-17)20(8-3-2-4-9-20)19(24)22-12-15-23-13-10-21-11-14-23/h5-7,16,21H,2-4,8-15H2,1H3,(H,22,24). The van der Waals surface area contributed by atoms with Gasteiger partial charge in [0.15, 0.2) is 0 Å². The van der Waals surface area contributed by atoms with E-state index < -0.39 is 0 Å². The van der Waals surface area contributed by atoms with E-state index in [1.807, 2.05) is 0 Å². The second-order valence-corrected chi connectivity index (χ2v) is 7.36.